The Bertz CT molecular complexity index is 1520. The van der Waals surface area contributed by atoms with E-state index in [1.54, 1.807) is 0 Å². The van der Waals surface area contributed by atoms with Gasteiger partial charge in [-0.05, 0) is 99.9 Å². The molecule has 5 rings (SSSR count). The van der Waals surface area contributed by atoms with E-state index in [0.29, 0.717) is 48.4 Å². The summed E-state index contributed by atoms with van der Waals surface area (Å²) < 4.78 is 18.9. The lowest BCUT2D eigenvalue weighted by Crippen LogP contribution is -2.55. The van der Waals surface area contributed by atoms with Crippen molar-refractivity contribution in [1.82, 2.24) is 9.80 Å². The van der Waals surface area contributed by atoms with Crippen LogP contribution in [0.4, 0.5) is 0 Å². The minimum atomic E-state index is -0.807. The van der Waals surface area contributed by atoms with Gasteiger partial charge in [0.25, 0.3) is 0 Å². The number of hydrogen-bond donors (Lipinski definition) is 1. The van der Waals surface area contributed by atoms with Crippen molar-refractivity contribution in [3.8, 4) is 28.4 Å². The number of ether oxygens (including phenoxy) is 3. The van der Waals surface area contributed by atoms with E-state index in [1.165, 1.54) is 35.2 Å². The zero-order valence-corrected chi connectivity index (χ0v) is 28.8. The monoisotopic (exact) mass is 648 g/mol. The summed E-state index contributed by atoms with van der Waals surface area (Å²) in [7, 11) is 0. The Balaban J connectivity index is 1.30. The second-order valence-electron chi connectivity index (χ2n) is 13.0. The number of carbonyl (C=O) groups is 1. The highest BCUT2D eigenvalue weighted by molar-refractivity contribution is 6.32. The summed E-state index contributed by atoms with van der Waals surface area (Å²) in [5.41, 5.74) is 7.32. The first-order valence-electron chi connectivity index (χ1n) is 16.8. The lowest BCUT2D eigenvalue weighted by atomic mass is 9.89. The fourth-order valence-electron chi connectivity index (χ4n) is 6.70. The van der Waals surface area contributed by atoms with Crippen LogP contribution in [0, 0.1) is 6.92 Å². The minimum absolute atomic E-state index is 0.0874. The molecule has 1 aliphatic heterocycles. The topological polar surface area (TPSA) is 71.5 Å². The van der Waals surface area contributed by atoms with Gasteiger partial charge in [0.2, 0.25) is 0 Å². The smallest absolute Gasteiger partial charge is 0.304 e. The molecule has 3 aromatic rings. The highest BCUT2D eigenvalue weighted by Gasteiger charge is 2.35. The van der Waals surface area contributed by atoms with Crippen molar-refractivity contribution in [3.05, 3.63) is 75.8 Å². The van der Waals surface area contributed by atoms with Gasteiger partial charge in [0, 0.05) is 43.3 Å². The number of rotatable bonds is 16. The van der Waals surface area contributed by atoms with Gasteiger partial charge in [0.15, 0.2) is 0 Å². The molecule has 0 bridgehead atoms. The summed E-state index contributed by atoms with van der Waals surface area (Å²) in [6.45, 7) is 16.0. The third-order valence-electron chi connectivity index (χ3n) is 9.64. The summed E-state index contributed by atoms with van der Waals surface area (Å²) in [6.07, 6.45) is 4.02. The average Bonchev–Trinajstić information content (AvgIpc) is 3.44. The van der Waals surface area contributed by atoms with E-state index in [-0.39, 0.29) is 12.5 Å². The van der Waals surface area contributed by atoms with Crippen LogP contribution in [0.15, 0.2) is 48.5 Å². The number of aliphatic carboxylic acids is 1. The molecule has 2 aliphatic rings. The van der Waals surface area contributed by atoms with Crippen LogP contribution in [0.5, 0.6) is 17.2 Å². The molecule has 46 heavy (non-hydrogen) atoms. The molecular formula is C38H49ClN2O5. The predicted molar refractivity (Wildman–Crippen MR) is 185 cm³/mol. The minimum Gasteiger partial charge on any atom is -0.493 e. The highest BCUT2D eigenvalue weighted by atomic mass is 35.5. The number of nitrogens with zero attached hydrogens (tertiary/aromatic N) is 2. The number of halogens is 1. The first kappa shape index (κ1) is 34.1. The van der Waals surface area contributed by atoms with E-state index in [2.05, 4.69) is 67.0 Å². The van der Waals surface area contributed by atoms with Crippen LogP contribution in [-0.4, -0.2) is 65.8 Å². The molecule has 1 fully saturated rings. The summed E-state index contributed by atoms with van der Waals surface area (Å²) >= 11 is 6.81. The molecule has 0 radical (unpaired) electrons. The van der Waals surface area contributed by atoms with Crippen LogP contribution >= 0.6 is 11.6 Å². The number of carboxylic acids is 1. The van der Waals surface area contributed by atoms with Crippen molar-refractivity contribution >= 4 is 17.6 Å². The van der Waals surface area contributed by atoms with E-state index < -0.39 is 5.97 Å². The standard InChI is InChI=1S/C38H49ClN2O5/c1-6-40(20-17-37(42)43)25-27-23-32(39)36(24-35(27)44-7-2)46-34-16-15-30-29(12-8-13-31(30)34)28-11-9-14-33(26(28)3)45-22-10-19-41-21-18-38(41,4)5/h8-9,11-14,23-24,34H,6-7,10,15-22,25H2,1-5H3,(H,42,43)/t34-/m0/s1. The number of fused-ring (bicyclic) bond motifs is 1. The summed E-state index contributed by atoms with van der Waals surface area (Å²) in [4.78, 5) is 15.7. The lowest BCUT2D eigenvalue weighted by molar-refractivity contribution is -0.137. The first-order valence-corrected chi connectivity index (χ1v) is 17.1. The maximum atomic E-state index is 11.1. The Morgan fingerprint density at radius 1 is 1.07 bits per heavy atom. The Labute approximate surface area is 279 Å². The molecule has 0 unspecified atom stereocenters. The average molecular weight is 649 g/mol. The zero-order valence-electron chi connectivity index (χ0n) is 28.0. The lowest BCUT2D eigenvalue weighted by Gasteiger charge is -2.48. The van der Waals surface area contributed by atoms with E-state index in [9.17, 15) is 4.79 Å². The summed E-state index contributed by atoms with van der Waals surface area (Å²) in [6, 6.07) is 16.6. The van der Waals surface area contributed by atoms with E-state index >= 15 is 0 Å². The van der Waals surface area contributed by atoms with E-state index in [0.717, 1.165) is 49.2 Å². The van der Waals surface area contributed by atoms with Crippen LogP contribution in [0.25, 0.3) is 11.1 Å². The van der Waals surface area contributed by atoms with Crippen molar-refractivity contribution in [2.45, 2.75) is 84.9 Å². The third-order valence-corrected chi connectivity index (χ3v) is 9.93. The van der Waals surface area contributed by atoms with Gasteiger partial charge in [0.05, 0.1) is 24.7 Å². The highest BCUT2D eigenvalue weighted by Crippen LogP contribution is 2.44. The van der Waals surface area contributed by atoms with Crippen LogP contribution in [0.3, 0.4) is 0 Å². The van der Waals surface area contributed by atoms with Gasteiger partial charge in [-0.15, -0.1) is 0 Å². The normalized spacial score (nSPS) is 17.1. The molecule has 1 saturated heterocycles. The quantitative estimate of drug-likeness (QED) is 0.157. The van der Waals surface area contributed by atoms with Crippen LogP contribution in [0.2, 0.25) is 5.02 Å². The predicted octanol–water partition coefficient (Wildman–Crippen LogP) is 8.33. The first-order chi connectivity index (χ1) is 22.1. The number of hydrogen-bond acceptors (Lipinski definition) is 6. The molecule has 248 valence electrons. The Hall–Kier alpha value is -3.26. The van der Waals surface area contributed by atoms with Crippen molar-refractivity contribution in [3.63, 3.8) is 0 Å². The van der Waals surface area contributed by atoms with Gasteiger partial charge in [-0.25, -0.2) is 0 Å². The van der Waals surface area contributed by atoms with Crippen molar-refractivity contribution in [2.24, 2.45) is 0 Å². The number of benzene rings is 3. The summed E-state index contributed by atoms with van der Waals surface area (Å²) in [5.74, 6) is 1.45. The molecule has 0 aromatic heterocycles. The van der Waals surface area contributed by atoms with Crippen molar-refractivity contribution in [2.75, 3.05) is 39.4 Å². The molecular weight excluding hydrogens is 600 g/mol. The largest absolute Gasteiger partial charge is 0.493 e. The Morgan fingerprint density at radius 3 is 2.54 bits per heavy atom. The molecule has 0 saturated carbocycles. The fraction of sp³-hybridized carbons (Fsp3) is 0.500. The molecule has 1 aliphatic carbocycles. The van der Waals surface area contributed by atoms with Crippen molar-refractivity contribution < 1.29 is 24.1 Å². The van der Waals surface area contributed by atoms with Crippen molar-refractivity contribution in [1.29, 1.82) is 0 Å². The van der Waals surface area contributed by atoms with Gasteiger partial charge < -0.3 is 19.3 Å². The van der Waals surface area contributed by atoms with Gasteiger partial charge in [0.1, 0.15) is 23.4 Å². The van der Waals surface area contributed by atoms with Gasteiger partial charge in [-0.1, -0.05) is 48.9 Å². The number of carboxylic acid groups (broad SMARTS) is 1. The zero-order chi connectivity index (χ0) is 32.8. The maximum Gasteiger partial charge on any atom is 0.304 e. The molecule has 0 spiro atoms. The van der Waals surface area contributed by atoms with Crippen LogP contribution in [-0.2, 0) is 17.8 Å². The van der Waals surface area contributed by atoms with Crippen LogP contribution < -0.4 is 14.2 Å². The summed E-state index contributed by atoms with van der Waals surface area (Å²) in [5, 5.41) is 9.66. The van der Waals surface area contributed by atoms with Crippen LogP contribution in [0.1, 0.15) is 81.7 Å². The van der Waals surface area contributed by atoms with Gasteiger partial charge in [-0.3, -0.25) is 14.6 Å². The number of likely N-dealkylation sites (tertiary alicyclic amines) is 1. The third kappa shape index (κ3) is 7.81. The van der Waals surface area contributed by atoms with Gasteiger partial charge in [-0.2, -0.15) is 0 Å². The molecule has 8 heteroatoms. The second kappa shape index (κ2) is 15.1. The Kier molecular flexibility index (Phi) is 11.2. The SMILES string of the molecule is CCOc1cc(O[C@H]2CCc3c(-c4cccc(OCCCN5CCC5(C)C)c4C)cccc32)c(Cl)cc1CN(CC)CCC(=O)O. The molecule has 3 aromatic carbocycles. The molecule has 1 heterocycles. The second-order valence-corrected chi connectivity index (χ2v) is 13.4. The van der Waals surface area contributed by atoms with E-state index in [4.69, 9.17) is 30.9 Å². The molecule has 1 atom stereocenters. The fourth-order valence-corrected chi connectivity index (χ4v) is 6.93. The van der Waals surface area contributed by atoms with Gasteiger partial charge >= 0.3 is 5.97 Å². The molecule has 1 N–H and O–H groups in total. The molecule has 0 amide bonds. The van der Waals surface area contributed by atoms with E-state index in [1.807, 2.05) is 26.0 Å². The maximum absolute atomic E-state index is 11.1. The molecule has 7 nitrogen and oxygen atoms in total. The Morgan fingerprint density at radius 2 is 1.85 bits per heavy atom.